The van der Waals surface area contributed by atoms with Crippen LogP contribution in [0.4, 0.5) is 5.82 Å². The first-order valence-corrected chi connectivity index (χ1v) is 9.46. The molecule has 1 aliphatic rings. The van der Waals surface area contributed by atoms with Crippen LogP contribution in [0.25, 0.3) is 22.4 Å². The maximum Gasteiger partial charge on any atom is 0.289 e. The Labute approximate surface area is 166 Å². The van der Waals surface area contributed by atoms with Gasteiger partial charge in [0.2, 0.25) is 0 Å². The number of amides is 1. The number of nitrogens with zero attached hydrogens (tertiary/aromatic N) is 5. The van der Waals surface area contributed by atoms with Crippen molar-refractivity contribution in [3.05, 3.63) is 60.3 Å². The van der Waals surface area contributed by atoms with Crippen LogP contribution in [0.5, 0.6) is 0 Å². The number of benzene rings is 1. The smallest absolute Gasteiger partial charge is 0.289 e. The van der Waals surface area contributed by atoms with Gasteiger partial charge in [0.15, 0.2) is 5.76 Å². The standard InChI is InChI=1S/C21H19N5O3/c1-14-4-6-15(7-5-14)18-17-19(22-13-23-20(17)29-24-18)25-8-10-26(11-9-25)21(27)16-3-2-12-28-16/h2-7,12-13H,8-11H2,1H3. The molecule has 0 spiro atoms. The van der Waals surface area contributed by atoms with Crippen LogP contribution in [-0.4, -0.2) is 52.1 Å². The Kier molecular flexibility index (Phi) is 4.23. The molecule has 0 saturated carbocycles. The number of fused-ring (bicyclic) bond motifs is 1. The molecule has 1 aliphatic heterocycles. The molecule has 0 bridgehead atoms. The van der Waals surface area contributed by atoms with Gasteiger partial charge in [-0.15, -0.1) is 0 Å². The van der Waals surface area contributed by atoms with Crippen LogP contribution < -0.4 is 4.90 Å². The lowest BCUT2D eigenvalue weighted by Gasteiger charge is -2.35. The van der Waals surface area contributed by atoms with Gasteiger partial charge in [-0.25, -0.2) is 4.98 Å². The number of hydrogen-bond acceptors (Lipinski definition) is 7. The Hall–Kier alpha value is -3.68. The molecule has 0 unspecified atom stereocenters. The number of rotatable bonds is 3. The molecule has 1 saturated heterocycles. The average molecular weight is 389 g/mol. The Morgan fingerprint density at radius 3 is 2.55 bits per heavy atom. The zero-order valence-electron chi connectivity index (χ0n) is 15.9. The SMILES string of the molecule is Cc1ccc(-c2noc3ncnc(N4CCN(C(=O)c5ccco5)CC4)c23)cc1. The normalized spacial score (nSPS) is 14.5. The highest BCUT2D eigenvalue weighted by Gasteiger charge is 2.27. The molecule has 29 heavy (non-hydrogen) atoms. The fourth-order valence-corrected chi connectivity index (χ4v) is 3.60. The van der Waals surface area contributed by atoms with Crippen molar-refractivity contribution in [3.63, 3.8) is 0 Å². The van der Waals surface area contributed by atoms with Crippen LogP contribution in [0, 0.1) is 6.92 Å². The summed E-state index contributed by atoms with van der Waals surface area (Å²) in [5.41, 5.74) is 3.32. The summed E-state index contributed by atoms with van der Waals surface area (Å²) in [7, 11) is 0. The molecule has 8 nitrogen and oxygen atoms in total. The minimum Gasteiger partial charge on any atom is -0.459 e. The highest BCUT2D eigenvalue weighted by molar-refractivity contribution is 5.98. The number of carbonyl (C=O) groups excluding carboxylic acids is 1. The lowest BCUT2D eigenvalue weighted by atomic mass is 10.1. The van der Waals surface area contributed by atoms with E-state index >= 15 is 0 Å². The molecule has 1 fully saturated rings. The number of aryl methyl sites for hydroxylation is 1. The van der Waals surface area contributed by atoms with Gasteiger partial charge in [0.1, 0.15) is 23.2 Å². The van der Waals surface area contributed by atoms with Crippen molar-refractivity contribution in [2.45, 2.75) is 6.92 Å². The molecular formula is C21H19N5O3. The summed E-state index contributed by atoms with van der Waals surface area (Å²) in [4.78, 5) is 25.2. The van der Waals surface area contributed by atoms with Gasteiger partial charge in [0.05, 0.1) is 6.26 Å². The summed E-state index contributed by atoms with van der Waals surface area (Å²) in [5, 5.41) is 5.04. The molecule has 0 atom stereocenters. The van der Waals surface area contributed by atoms with Crippen LogP contribution in [0.2, 0.25) is 0 Å². The number of anilines is 1. The number of piperazine rings is 1. The predicted molar refractivity (Wildman–Crippen MR) is 107 cm³/mol. The lowest BCUT2D eigenvalue weighted by molar-refractivity contribution is 0.0714. The van der Waals surface area contributed by atoms with E-state index in [0.717, 1.165) is 22.5 Å². The number of hydrogen-bond donors (Lipinski definition) is 0. The topological polar surface area (TPSA) is 88.5 Å². The van der Waals surface area contributed by atoms with Crippen LogP contribution in [0.15, 0.2) is 57.9 Å². The van der Waals surface area contributed by atoms with Gasteiger partial charge in [-0.2, -0.15) is 4.98 Å². The fraction of sp³-hybridized carbons (Fsp3) is 0.238. The van der Waals surface area contributed by atoms with Gasteiger partial charge in [0.25, 0.3) is 11.6 Å². The third-order valence-corrected chi connectivity index (χ3v) is 5.18. The molecule has 1 amide bonds. The van der Waals surface area contributed by atoms with Gasteiger partial charge in [-0.3, -0.25) is 4.79 Å². The van der Waals surface area contributed by atoms with Crippen molar-refractivity contribution in [3.8, 4) is 11.3 Å². The third kappa shape index (κ3) is 3.12. The number of carbonyl (C=O) groups is 1. The van der Waals surface area contributed by atoms with E-state index in [1.165, 1.54) is 18.2 Å². The Morgan fingerprint density at radius 2 is 1.83 bits per heavy atom. The molecule has 4 heterocycles. The molecule has 3 aromatic heterocycles. The molecule has 0 aliphatic carbocycles. The van der Waals surface area contributed by atoms with E-state index < -0.39 is 0 Å². The van der Waals surface area contributed by atoms with Gasteiger partial charge in [0, 0.05) is 31.7 Å². The summed E-state index contributed by atoms with van der Waals surface area (Å²) in [6.45, 7) is 4.50. The summed E-state index contributed by atoms with van der Waals surface area (Å²) in [5.74, 6) is 1.05. The summed E-state index contributed by atoms with van der Waals surface area (Å²) >= 11 is 0. The van der Waals surface area contributed by atoms with Crippen molar-refractivity contribution in [1.82, 2.24) is 20.0 Å². The monoisotopic (exact) mass is 389 g/mol. The van der Waals surface area contributed by atoms with Crippen LogP contribution in [0.1, 0.15) is 16.1 Å². The minimum absolute atomic E-state index is 0.0900. The maximum absolute atomic E-state index is 12.5. The molecule has 5 rings (SSSR count). The molecule has 4 aromatic rings. The second kappa shape index (κ2) is 7.05. The first kappa shape index (κ1) is 17.4. The van der Waals surface area contributed by atoms with Crippen molar-refractivity contribution in [2.75, 3.05) is 31.1 Å². The third-order valence-electron chi connectivity index (χ3n) is 5.18. The lowest BCUT2D eigenvalue weighted by Crippen LogP contribution is -2.49. The second-order valence-corrected chi connectivity index (χ2v) is 7.03. The Bertz CT molecular complexity index is 1140. The van der Waals surface area contributed by atoms with Crippen molar-refractivity contribution in [1.29, 1.82) is 0 Å². The minimum atomic E-state index is -0.0900. The maximum atomic E-state index is 12.5. The predicted octanol–water partition coefficient (Wildman–Crippen LogP) is 3.15. The quantitative estimate of drug-likeness (QED) is 0.532. The first-order valence-electron chi connectivity index (χ1n) is 9.46. The van der Waals surface area contributed by atoms with E-state index in [-0.39, 0.29) is 5.91 Å². The number of aromatic nitrogens is 3. The first-order chi connectivity index (χ1) is 14.2. The van der Waals surface area contributed by atoms with E-state index in [2.05, 4.69) is 20.0 Å². The molecule has 1 aromatic carbocycles. The van der Waals surface area contributed by atoms with Crippen molar-refractivity contribution >= 4 is 22.8 Å². The van der Waals surface area contributed by atoms with Gasteiger partial charge < -0.3 is 18.7 Å². The zero-order valence-corrected chi connectivity index (χ0v) is 15.9. The van der Waals surface area contributed by atoms with E-state index in [4.69, 9.17) is 8.94 Å². The van der Waals surface area contributed by atoms with Crippen LogP contribution in [0.3, 0.4) is 0 Å². The van der Waals surface area contributed by atoms with E-state index in [1.807, 2.05) is 31.2 Å². The molecule has 146 valence electrons. The van der Waals surface area contributed by atoms with E-state index in [1.54, 1.807) is 17.0 Å². The van der Waals surface area contributed by atoms with Gasteiger partial charge in [-0.1, -0.05) is 35.0 Å². The average Bonchev–Trinajstić information content (AvgIpc) is 3.44. The van der Waals surface area contributed by atoms with E-state index in [0.29, 0.717) is 37.7 Å². The Balaban J connectivity index is 1.43. The second-order valence-electron chi connectivity index (χ2n) is 7.03. The van der Waals surface area contributed by atoms with Crippen LogP contribution in [-0.2, 0) is 0 Å². The van der Waals surface area contributed by atoms with Gasteiger partial charge in [-0.05, 0) is 19.1 Å². The number of furan rings is 1. The summed E-state index contributed by atoms with van der Waals surface area (Å²) in [6.07, 6.45) is 3.00. The molecular weight excluding hydrogens is 370 g/mol. The highest BCUT2D eigenvalue weighted by atomic mass is 16.5. The Morgan fingerprint density at radius 1 is 1.03 bits per heavy atom. The van der Waals surface area contributed by atoms with Crippen molar-refractivity contribution < 1.29 is 13.7 Å². The summed E-state index contributed by atoms with van der Waals surface area (Å²) in [6, 6.07) is 11.5. The molecule has 8 heteroatoms. The zero-order chi connectivity index (χ0) is 19.8. The molecule has 0 radical (unpaired) electrons. The highest BCUT2D eigenvalue weighted by Crippen LogP contribution is 2.33. The summed E-state index contributed by atoms with van der Waals surface area (Å²) < 4.78 is 10.7. The molecule has 0 N–H and O–H groups in total. The largest absolute Gasteiger partial charge is 0.459 e. The fourth-order valence-electron chi connectivity index (χ4n) is 3.60. The van der Waals surface area contributed by atoms with Gasteiger partial charge >= 0.3 is 0 Å². The van der Waals surface area contributed by atoms with Crippen LogP contribution >= 0.6 is 0 Å². The van der Waals surface area contributed by atoms with E-state index in [9.17, 15) is 4.79 Å². The van der Waals surface area contributed by atoms with Crippen molar-refractivity contribution in [2.24, 2.45) is 0 Å².